The average molecular weight is 256 g/mol. The Kier molecular flexibility index (Phi) is 4.25. The van der Waals surface area contributed by atoms with E-state index in [0.29, 0.717) is 5.56 Å². The van der Waals surface area contributed by atoms with Crippen LogP contribution in [0.15, 0.2) is 0 Å². The molecule has 100 valence electrons. The number of phenolic OH excluding ortho intramolecular Hbond substituents is 1. The van der Waals surface area contributed by atoms with E-state index in [1.807, 2.05) is 0 Å². The molecule has 0 saturated carbocycles. The summed E-state index contributed by atoms with van der Waals surface area (Å²) in [6.45, 7) is 1.66. The van der Waals surface area contributed by atoms with Crippen LogP contribution in [0, 0.1) is 6.92 Å². The third-order valence-electron chi connectivity index (χ3n) is 2.57. The summed E-state index contributed by atoms with van der Waals surface area (Å²) in [5, 5.41) is 10.0. The Balaban J connectivity index is 3.72. The van der Waals surface area contributed by atoms with E-state index in [-0.39, 0.29) is 28.6 Å². The maximum atomic E-state index is 11.7. The van der Waals surface area contributed by atoms with E-state index in [2.05, 4.69) is 4.74 Å². The van der Waals surface area contributed by atoms with E-state index in [1.54, 1.807) is 6.92 Å². The van der Waals surface area contributed by atoms with E-state index in [4.69, 9.17) is 14.2 Å². The largest absolute Gasteiger partial charge is 0.502 e. The van der Waals surface area contributed by atoms with Gasteiger partial charge in [0, 0.05) is 5.56 Å². The molecule has 0 heterocycles. The lowest BCUT2D eigenvalue weighted by atomic mass is 10.1. The normalized spacial score (nSPS) is 9.83. The molecule has 0 spiro atoms. The highest BCUT2D eigenvalue weighted by Gasteiger charge is 2.28. The van der Waals surface area contributed by atoms with Crippen LogP contribution < -0.4 is 14.2 Å². The number of hydrogen-bond acceptors (Lipinski definition) is 6. The van der Waals surface area contributed by atoms with Gasteiger partial charge in [-0.2, -0.15) is 0 Å². The maximum Gasteiger partial charge on any atom is 0.345 e. The minimum atomic E-state index is -0.662. The first kappa shape index (κ1) is 14.0. The second kappa shape index (κ2) is 5.48. The number of benzene rings is 1. The SMILES string of the molecule is COC(=O)c1c(OC)c(C)c(OC)c(O)c1OC. The van der Waals surface area contributed by atoms with E-state index >= 15 is 0 Å². The van der Waals surface area contributed by atoms with E-state index in [9.17, 15) is 9.90 Å². The van der Waals surface area contributed by atoms with Gasteiger partial charge in [0.05, 0.1) is 28.4 Å². The van der Waals surface area contributed by atoms with E-state index < -0.39 is 5.97 Å². The summed E-state index contributed by atoms with van der Waals surface area (Å²) in [5.41, 5.74) is 0.511. The van der Waals surface area contributed by atoms with Gasteiger partial charge in [0.1, 0.15) is 11.3 Å². The quantitative estimate of drug-likeness (QED) is 0.823. The monoisotopic (exact) mass is 256 g/mol. The predicted molar refractivity (Wildman–Crippen MR) is 63.8 cm³/mol. The van der Waals surface area contributed by atoms with Crippen LogP contribution >= 0.6 is 0 Å². The molecule has 0 radical (unpaired) electrons. The Morgan fingerprint density at radius 2 is 1.44 bits per heavy atom. The molecule has 1 N–H and O–H groups in total. The van der Waals surface area contributed by atoms with Crippen molar-refractivity contribution in [1.29, 1.82) is 0 Å². The van der Waals surface area contributed by atoms with Crippen molar-refractivity contribution in [2.75, 3.05) is 28.4 Å². The van der Waals surface area contributed by atoms with Crippen molar-refractivity contribution < 1.29 is 28.8 Å². The Morgan fingerprint density at radius 1 is 0.944 bits per heavy atom. The molecule has 0 fully saturated rings. The van der Waals surface area contributed by atoms with Crippen LogP contribution in [0.3, 0.4) is 0 Å². The van der Waals surface area contributed by atoms with Gasteiger partial charge in [-0.05, 0) is 6.92 Å². The average Bonchev–Trinajstić information content (AvgIpc) is 2.37. The summed E-state index contributed by atoms with van der Waals surface area (Å²) in [5.74, 6) is -0.533. The lowest BCUT2D eigenvalue weighted by molar-refractivity contribution is 0.0592. The molecule has 1 aromatic carbocycles. The summed E-state index contributed by atoms with van der Waals surface area (Å²) in [7, 11) is 5.37. The lowest BCUT2D eigenvalue weighted by Gasteiger charge is -2.18. The summed E-state index contributed by atoms with van der Waals surface area (Å²) in [6.07, 6.45) is 0. The minimum Gasteiger partial charge on any atom is -0.502 e. The van der Waals surface area contributed by atoms with Crippen LogP contribution in [-0.2, 0) is 4.74 Å². The molecule has 0 amide bonds. The van der Waals surface area contributed by atoms with E-state index in [1.165, 1.54) is 28.4 Å². The van der Waals surface area contributed by atoms with Crippen molar-refractivity contribution in [2.24, 2.45) is 0 Å². The molecule has 1 aromatic rings. The molecule has 1 rings (SSSR count). The molecule has 0 unspecified atom stereocenters. The molecular formula is C12H16O6. The van der Waals surface area contributed by atoms with Crippen molar-refractivity contribution in [1.82, 2.24) is 0 Å². The van der Waals surface area contributed by atoms with Crippen LogP contribution in [0.4, 0.5) is 0 Å². The summed E-state index contributed by atoms with van der Waals surface area (Å²) < 4.78 is 19.9. The van der Waals surface area contributed by atoms with Gasteiger partial charge < -0.3 is 24.1 Å². The Morgan fingerprint density at radius 3 is 1.83 bits per heavy atom. The number of rotatable bonds is 4. The Hall–Kier alpha value is -2.11. The van der Waals surface area contributed by atoms with Gasteiger partial charge in [-0.15, -0.1) is 0 Å². The fourth-order valence-corrected chi connectivity index (χ4v) is 1.78. The van der Waals surface area contributed by atoms with Gasteiger partial charge in [-0.1, -0.05) is 0 Å². The second-order valence-corrected chi connectivity index (χ2v) is 3.44. The topological polar surface area (TPSA) is 74.2 Å². The predicted octanol–water partition coefficient (Wildman–Crippen LogP) is 1.51. The minimum absolute atomic E-state index is 0.0262. The highest BCUT2D eigenvalue weighted by atomic mass is 16.5. The molecular weight excluding hydrogens is 240 g/mol. The van der Waals surface area contributed by atoms with Crippen LogP contribution in [0.1, 0.15) is 15.9 Å². The zero-order chi connectivity index (χ0) is 13.9. The number of carbonyl (C=O) groups is 1. The first-order valence-corrected chi connectivity index (χ1v) is 5.13. The highest BCUT2D eigenvalue weighted by molar-refractivity contribution is 5.98. The van der Waals surface area contributed by atoms with Gasteiger partial charge in [0.15, 0.2) is 11.5 Å². The first-order chi connectivity index (χ1) is 8.53. The van der Waals surface area contributed by atoms with Crippen molar-refractivity contribution in [3.8, 4) is 23.0 Å². The molecule has 6 nitrogen and oxygen atoms in total. The molecule has 0 bridgehead atoms. The van der Waals surface area contributed by atoms with Gasteiger partial charge in [-0.3, -0.25) is 0 Å². The van der Waals surface area contributed by atoms with Gasteiger partial charge in [0.25, 0.3) is 0 Å². The molecule has 6 heteroatoms. The van der Waals surface area contributed by atoms with Crippen molar-refractivity contribution in [3.05, 3.63) is 11.1 Å². The number of carbonyl (C=O) groups excluding carboxylic acids is 1. The Labute approximate surface area is 105 Å². The van der Waals surface area contributed by atoms with Gasteiger partial charge in [0.2, 0.25) is 5.75 Å². The standard InChI is InChI=1S/C12H16O6/c1-6-9(15-2)7(12(14)18-5)11(17-4)8(13)10(6)16-3/h13H,1-5H3. The summed E-state index contributed by atoms with van der Waals surface area (Å²) >= 11 is 0. The summed E-state index contributed by atoms with van der Waals surface area (Å²) in [6, 6.07) is 0. The Bertz CT molecular complexity index is 435. The number of phenols is 1. The van der Waals surface area contributed by atoms with E-state index in [0.717, 1.165) is 0 Å². The lowest BCUT2D eigenvalue weighted by Crippen LogP contribution is -2.09. The number of hydrogen-bond donors (Lipinski definition) is 1. The number of ether oxygens (including phenoxy) is 4. The zero-order valence-corrected chi connectivity index (χ0v) is 11.0. The first-order valence-electron chi connectivity index (χ1n) is 5.13. The zero-order valence-electron chi connectivity index (χ0n) is 11.0. The fourth-order valence-electron chi connectivity index (χ4n) is 1.78. The van der Waals surface area contributed by atoms with Crippen LogP contribution in [-0.4, -0.2) is 39.5 Å². The van der Waals surface area contributed by atoms with Crippen LogP contribution in [0.25, 0.3) is 0 Å². The van der Waals surface area contributed by atoms with Crippen molar-refractivity contribution >= 4 is 5.97 Å². The summed E-state index contributed by atoms with van der Waals surface area (Å²) in [4.78, 5) is 11.7. The third-order valence-corrected chi connectivity index (χ3v) is 2.57. The number of methoxy groups -OCH3 is 4. The van der Waals surface area contributed by atoms with Crippen LogP contribution in [0.5, 0.6) is 23.0 Å². The van der Waals surface area contributed by atoms with Gasteiger partial charge >= 0.3 is 5.97 Å². The maximum absolute atomic E-state index is 11.7. The van der Waals surface area contributed by atoms with Crippen LogP contribution in [0.2, 0.25) is 0 Å². The molecule has 0 saturated heterocycles. The molecule has 0 aliphatic heterocycles. The second-order valence-electron chi connectivity index (χ2n) is 3.44. The highest BCUT2D eigenvalue weighted by Crippen LogP contribution is 2.47. The number of aromatic hydroxyl groups is 1. The molecule has 0 aliphatic carbocycles. The smallest absolute Gasteiger partial charge is 0.345 e. The van der Waals surface area contributed by atoms with Gasteiger partial charge in [-0.25, -0.2) is 4.79 Å². The van der Waals surface area contributed by atoms with Crippen molar-refractivity contribution in [2.45, 2.75) is 6.92 Å². The molecule has 0 aliphatic rings. The molecule has 18 heavy (non-hydrogen) atoms. The van der Waals surface area contributed by atoms with Crippen molar-refractivity contribution in [3.63, 3.8) is 0 Å². The fraction of sp³-hybridized carbons (Fsp3) is 0.417. The molecule has 0 atom stereocenters. The number of esters is 1. The molecule has 0 aromatic heterocycles. The third kappa shape index (κ3) is 2.01.